The van der Waals surface area contributed by atoms with Gasteiger partial charge in [0.25, 0.3) is 0 Å². The Labute approximate surface area is 147 Å². The molecule has 0 radical (unpaired) electrons. The summed E-state index contributed by atoms with van der Waals surface area (Å²) in [5.41, 5.74) is 10.5. The van der Waals surface area contributed by atoms with Crippen LogP contribution in [0.4, 0.5) is 0 Å². The van der Waals surface area contributed by atoms with Gasteiger partial charge < -0.3 is 42.0 Å². The first-order chi connectivity index (χ1) is 11.9. The minimum atomic E-state index is -0.775. The molecule has 0 spiro atoms. The van der Waals surface area contributed by atoms with Crippen molar-refractivity contribution in [3.63, 3.8) is 0 Å². The second kappa shape index (κ2) is 14.7. The Morgan fingerprint density at radius 1 is 0.920 bits per heavy atom. The number of aliphatic hydroxyl groups is 2. The smallest absolute Gasteiger partial charge is 0.221 e. The highest BCUT2D eigenvalue weighted by Crippen LogP contribution is 1.97. The molecule has 0 saturated heterocycles. The van der Waals surface area contributed by atoms with Crippen LogP contribution >= 0.6 is 0 Å². The Kier molecular flexibility index (Phi) is 13.8. The predicted octanol–water partition coefficient (Wildman–Crippen LogP) is -3.47. The first-order valence-corrected chi connectivity index (χ1v) is 8.38. The minimum absolute atomic E-state index is 0.0692. The van der Waals surface area contributed by atoms with Crippen molar-refractivity contribution >= 4 is 18.1 Å². The molecule has 0 saturated carbocycles. The van der Waals surface area contributed by atoms with Crippen molar-refractivity contribution in [2.24, 2.45) is 11.5 Å². The number of nitrogens with one attached hydrogen (secondary N) is 2. The van der Waals surface area contributed by atoms with Crippen LogP contribution in [0.15, 0.2) is 0 Å². The molecule has 0 aliphatic carbocycles. The third-order valence-electron chi connectivity index (χ3n) is 3.49. The van der Waals surface area contributed by atoms with Crippen molar-refractivity contribution in [2.45, 2.75) is 31.5 Å². The number of carbonyl (C=O) groups excluding carboxylic acids is 3. The number of nitrogens with zero attached hydrogens (tertiary/aromatic N) is 1. The highest BCUT2D eigenvalue weighted by molar-refractivity contribution is 5.76. The Morgan fingerprint density at radius 3 is 1.72 bits per heavy atom. The van der Waals surface area contributed by atoms with Crippen LogP contribution in [-0.2, 0) is 14.4 Å². The van der Waals surface area contributed by atoms with E-state index in [1.807, 2.05) is 4.90 Å². The van der Waals surface area contributed by atoms with Crippen LogP contribution in [0.5, 0.6) is 0 Å². The van der Waals surface area contributed by atoms with Crippen molar-refractivity contribution in [3.8, 4) is 0 Å². The summed E-state index contributed by atoms with van der Waals surface area (Å²) in [6, 6.07) is 0. The Hall–Kier alpha value is -1.59. The molecule has 10 nitrogen and oxygen atoms in total. The zero-order chi connectivity index (χ0) is 19.1. The van der Waals surface area contributed by atoms with Gasteiger partial charge in [-0.15, -0.1) is 0 Å². The number of hydrogen-bond donors (Lipinski definition) is 6. The third kappa shape index (κ3) is 13.4. The van der Waals surface area contributed by atoms with Crippen molar-refractivity contribution in [3.05, 3.63) is 0 Å². The zero-order valence-electron chi connectivity index (χ0n) is 14.5. The van der Waals surface area contributed by atoms with Gasteiger partial charge in [0.05, 0.1) is 12.2 Å². The average Bonchev–Trinajstić information content (AvgIpc) is 2.63. The average molecular weight is 361 g/mol. The summed E-state index contributed by atoms with van der Waals surface area (Å²) in [4.78, 5) is 35.8. The van der Waals surface area contributed by atoms with E-state index in [0.717, 1.165) is 6.29 Å². The zero-order valence-corrected chi connectivity index (χ0v) is 14.5. The molecule has 0 aromatic heterocycles. The van der Waals surface area contributed by atoms with Crippen molar-refractivity contribution in [1.82, 2.24) is 15.5 Å². The van der Waals surface area contributed by atoms with E-state index in [9.17, 15) is 24.6 Å². The van der Waals surface area contributed by atoms with Gasteiger partial charge in [-0.1, -0.05) is 0 Å². The molecule has 0 aromatic carbocycles. The molecule has 0 aliphatic rings. The fourth-order valence-corrected chi connectivity index (χ4v) is 1.90. The standard InChI is InChI=1S/C15H31N5O5/c16-8-12(22)10-18-14(24)2-5-20(4-1-7-21)6-3-15(25)19-11-13(23)9-17/h7,12-13,22-23H,1-6,8-11,16-17H2,(H,18,24)(H,19,25). The van der Waals surface area contributed by atoms with E-state index >= 15 is 0 Å². The van der Waals surface area contributed by atoms with E-state index in [-0.39, 0.29) is 50.8 Å². The molecule has 8 N–H and O–H groups in total. The van der Waals surface area contributed by atoms with Crippen LogP contribution in [0.25, 0.3) is 0 Å². The molecule has 0 aliphatic heterocycles. The van der Waals surface area contributed by atoms with Gasteiger partial charge in [0, 0.05) is 65.1 Å². The van der Waals surface area contributed by atoms with Gasteiger partial charge in [-0.3, -0.25) is 9.59 Å². The molecule has 0 aromatic rings. The van der Waals surface area contributed by atoms with Crippen molar-refractivity contribution < 1.29 is 24.6 Å². The highest BCUT2D eigenvalue weighted by atomic mass is 16.3. The van der Waals surface area contributed by atoms with Crippen LogP contribution in [0.1, 0.15) is 19.3 Å². The molecular weight excluding hydrogens is 330 g/mol. The third-order valence-corrected chi connectivity index (χ3v) is 3.49. The number of aldehydes is 1. The van der Waals surface area contributed by atoms with Gasteiger partial charge >= 0.3 is 0 Å². The van der Waals surface area contributed by atoms with Gasteiger partial charge in [0.2, 0.25) is 11.8 Å². The Bertz CT molecular complexity index is 367. The quantitative estimate of drug-likeness (QED) is 0.163. The molecular formula is C15H31N5O5. The minimum Gasteiger partial charge on any atom is -0.390 e. The van der Waals surface area contributed by atoms with Crippen LogP contribution in [0, 0.1) is 0 Å². The maximum absolute atomic E-state index is 11.7. The van der Waals surface area contributed by atoms with Crippen LogP contribution < -0.4 is 22.1 Å². The number of rotatable bonds is 15. The van der Waals surface area contributed by atoms with Gasteiger partial charge in [-0.05, 0) is 0 Å². The number of amides is 2. The van der Waals surface area contributed by atoms with E-state index in [0.29, 0.717) is 26.1 Å². The molecule has 2 unspecified atom stereocenters. The molecule has 0 bridgehead atoms. The summed E-state index contributed by atoms with van der Waals surface area (Å²) in [6.45, 7) is 1.54. The summed E-state index contributed by atoms with van der Waals surface area (Å²) >= 11 is 0. The SMILES string of the molecule is NCC(O)CNC(=O)CCN(CCC=O)CCC(=O)NCC(O)CN. The molecule has 10 heteroatoms. The number of nitrogens with two attached hydrogens (primary N) is 2. The lowest BCUT2D eigenvalue weighted by Crippen LogP contribution is -2.39. The van der Waals surface area contributed by atoms with Gasteiger partial charge in [-0.2, -0.15) is 0 Å². The van der Waals surface area contributed by atoms with Crippen LogP contribution in [-0.4, -0.2) is 91.2 Å². The second-order valence-corrected chi connectivity index (χ2v) is 5.68. The molecule has 2 atom stereocenters. The lowest BCUT2D eigenvalue weighted by molar-refractivity contribution is -0.121. The van der Waals surface area contributed by atoms with Crippen molar-refractivity contribution in [2.75, 3.05) is 45.8 Å². The predicted molar refractivity (Wildman–Crippen MR) is 92.5 cm³/mol. The van der Waals surface area contributed by atoms with Crippen LogP contribution in [0.3, 0.4) is 0 Å². The summed E-state index contributed by atoms with van der Waals surface area (Å²) in [7, 11) is 0. The largest absolute Gasteiger partial charge is 0.390 e. The first kappa shape index (κ1) is 23.4. The molecule has 0 fully saturated rings. The first-order valence-electron chi connectivity index (χ1n) is 8.38. The maximum Gasteiger partial charge on any atom is 0.221 e. The molecule has 146 valence electrons. The molecule has 25 heavy (non-hydrogen) atoms. The van der Waals surface area contributed by atoms with E-state index < -0.39 is 12.2 Å². The maximum atomic E-state index is 11.7. The van der Waals surface area contributed by atoms with E-state index in [1.54, 1.807) is 0 Å². The monoisotopic (exact) mass is 361 g/mol. The lowest BCUT2D eigenvalue weighted by Gasteiger charge is -2.21. The van der Waals surface area contributed by atoms with Crippen LogP contribution in [0.2, 0.25) is 0 Å². The fraction of sp³-hybridized carbons (Fsp3) is 0.800. The fourth-order valence-electron chi connectivity index (χ4n) is 1.90. The highest BCUT2D eigenvalue weighted by Gasteiger charge is 2.12. The number of aliphatic hydroxyl groups excluding tert-OH is 2. The van der Waals surface area contributed by atoms with Gasteiger partial charge in [0.1, 0.15) is 6.29 Å². The topological polar surface area (TPSA) is 171 Å². The molecule has 0 rings (SSSR count). The van der Waals surface area contributed by atoms with Gasteiger partial charge in [0.15, 0.2) is 0 Å². The second-order valence-electron chi connectivity index (χ2n) is 5.68. The summed E-state index contributed by atoms with van der Waals surface area (Å²) in [6.07, 6.45) is -0.0955. The van der Waals surface area contributed by atoms with Crippen molar-refractivity contribution in [1.29, 1.82) is 0 Å². The van der Waals surface area contributed by atoms with E-state index in [4.69, 9.17) is 11.5 Å². The summed E-state index contributed by atoms with van der Waals surface area (Å²) in [5, 5.41) is 23.7. The van der Waals surface area contributed by atoms with Gasteiger partial charge in [-0.25, -0.2) is 0 Å². The normalized spacial score (nSPS) is 13.3. The summed E-state index contributed by atoms with van der Waals surface area (Å²) in [5.74, 6) is -0.474. The Morgan fingerprint density at radius 2 is 1.36 bits per heavy atom. The molecule has 0 heterocycles. The number of hydrogen-bond acceptors (Lipinski definition) is 8. The summed E-state index contributed by atoms with van der Waals surface area (Å²) < 4.78 is 0. The lowest BCUT2D eigenvalue weighted by atomic mass is 10.2. The molecule has 2 amide bonds. The Balaban J connectivity index is 4.15. The van der Waals surface area contributed by atoms with E-state index in [2.05, 4.69) is 10.6 Å². The number of carbonyl (C=O) groups is 3. The van der Waals surface area contributed by atoms with E-state index in [1.165, 1.54) is 0 Å².